The smallest absolute Gasteiger partial charge is 0.331 e. The summed E-state index contributed by atoms with van der Waals surface area (Å²) in [6.45, 7) is 6.48. The highest BCUT2D eigenvalue weighted by Crippen LogP contribution is 2.24. The van der Waals surface area contributed by atoms with E-state index in [4.69, 9.17) is 4.74 Å². The maximum absolute atomic E-state index is 12.7. The Hall–Kier alpha value is -2.42. The van der Waals surface area contributed by atoms with Crippen molar-refractivity contribution in [2.24, 2.45) is 10.9 Å². The van der Waals surface area contributed by atoms with E-state index in [1.165, 1.54) is 6.07 Å². The summed E-state index contributed by atoms with van der Waals surface area (Å²) in [4.78, 5) is 31.3. The molecule has 3 rings (SSSR count). The first-order chi connectivity index (χ1) is 13.2. The maximum Gasteiger partial charge on any atom is 0.331 e. The van der Waals surface area contributed by atoms with Crippen LogP contribution in [0.2, 0.25) is 0 Å². The molecule has 0 saturated carbocycles. The molecule has 8 nitrogen and oxygen atoms in total. The Kier molecular flexibility index (Phi) is 5.74. The minimum atomic E-state index is -3.69. The van der Waals surface area contributed by atoms with E-state index in [-0.39, 0.29) is 22.6 Å². The summed E-state index contributed by atoms with van der Waals surface area (Å²) in [5.74, 6) is -0.991. The molecule has 1 aromatic carbocycles. The number of amides is 1. The Morgan fingerprint density at radius 1 is 1.14 bits per heavy atom. The molecule has 0 radical (unpaired) electrons. The third-order valence-corrected chi connectivity index (χ3v) is 6.26. The minimum Gasteiger partial charge on any atom is -0.451 e. The highest BCUT2D eigenvalue weighted by molar-refractivity contribution is 7.90. The van der Waals surface area contributed by atoms with Crippen LogP contribution in [0.3, 0.4) is 0 Å². The number of carbonyl (C=O) groups excluding carboxylic acids is 2. The number of hydrogen-bond acceptors (Lipinski definition) is 6. The van der Waals surface area contributed by atoms with Crippen molar-refractivity contribution in [3.8, 4) is 0 Å². The van der Waals surface area contributed by atoms with Gasteiger partial charge in [0.25, 0.3) is 15.9 Å². The average Bonchev–Trinajstić information content (AvgIpc) is 3.26. The predicted octanol–water partition coefficient (Wildman–Crippen LogP) is 1.30. The Morgan fingerprint density at radius 2 is 1.79 bits per heavy atom. The second-order valence-corrected chi connectivity index (χ2v) is 9.03. The molecule has 2 aliphatic rings. The Balaban J connectivity index is 1.79. The molecule has 152 valence electrons. The molecule has 28 heavy (non-hydrogen) atoms. The Morgan fingerprint density at radius 3 is 2.43 bits per heavy atom. The zero-order valence-corrected chi connectivity index (χ0v) is 17.0. The lowest BCUT2D eigenvalue weighted by Gasteiger charge is -2.23. The Bertz CT molecular complexity index is 904. The summed E-state index contributed by atoms with van der Waals surface area (Å²) >= 11 is 0. The second kappa shape index (κ2) is 7.90. The number of ether oxygens (including phenoxy) is 1. The normalized spacial score (nSPS) is 21.3. The van der Waals surface area contributed by atoms with E-state index in [1.54, 1.807) is 43.9 Å². The minimum absolute atomic E-state index is 0.116. The number of sulfonamides is 1. The van der Waals surface area contributed by atoms with Gasteiger partial charge in [0, 0.05) is 18.7 Å². The zero-order valence-electron chi connectivity index (χ0n) is 16.2. The highest BCUT2D eigenvalue weighted by Gasteiger charge is 2.34. The number of benzene rings is 1. The number of rotatable bonds is 5. The van der Waals surface area contributed by atoms with E-state index in [0.29, 0.717) is 18.7 Å². The van der Waals surface area contributed by atoms with Gasteiger partial charge in [-0.1, -0.05) is 26.0 Å². The fourth-order valence-corrected chi connectivity index (χ4v) is 4.57. The van der Waals surface area contributed by atoms with Gasteiger partial charge < -0.3 is 9.64 Å². The third kappa shape index (κ3) is 4.04. The molecule has 0 bridgehead atoms. The van der Waals surface area contributed by atoms with Gasteiger partial charge in [0.2, 0.25) is 0 Å². The number of nitrogens with zero attached hydrogens (tertiary/aromatic N) is 2. The standard InChI is InChI=1S/C19H25N3O5S/c1-12(2)16(19(24)27-13(3)18(23)22-10-6-7-11-22)20-17-14-8-4-5-9-15(14)28(25,26)21-17/h4-5,8-9,12-13,16H,6-7,10-11H2,1-3H3,(H,20,21)/t13-,16+/m1/s1. The van der Waals surface area contributed by atoms with Crippen LogP contribution in [0.5, 0.6) is 0 Å². The van der Waals surface area contributed by atoms with Crippen molar-refractivity contribution in [1.82, 2.24) is 9.62 Å². The van der Waals surface area contributed by atoms with E-state index in [0.717, 1.165) is 12.8 Å². The molecule has 0 aliphatic carbocycles. The quantitative estimate of drug-likeness (QED) is 0.741. The summed E-state index contributed by atoms with van der Waals surface area (Å²) in [6, 6.07) is 5.52. The summed E-state index contributed by atoms with van der Waals surface area (Å²) in [5, 5.41) is 0. The molecule has 2 heterocycles. The summed E-state index contributed by atoms with van der Waals surface area (Å²) in [5.41, 5.74) is 0.419. The topological polar surface area (TPSA) is 105 Å². The monoisotopic (exact) mass is 407 g/mol. The van der Waals surface area contributed by atoms with Crippen LogP contribution >= 0.6 is 0 Å². The molecule has 1 amide bonds. The molecule has 2 atom stereocenters. The third-order valence-electron chi connectivity index (χ3n) is 4.86. The van der Waals surface area contributed by atoms with Gasteiger partial charge in [-0.3, -0.25) is 14.5 Å². The molecule has 0 spiro atoms. The van der Waals surface area contributed by atoms with Gasteiger partial charge in [0.15, 0.2) is 12.1 Å². The van der Waals surface area contributed by atoms with Crippen LogP contribution in [0.15, 0.2) is 34.2 Å². The average molecular weight is 407 g/mol. The number of esters is 1. The molecule has 1 aromatic rings. The lowest BCUT2D eigenvalue weighted by molar-refractivity contribution is -0.160. The van der Waals surface area contributed by atoms with Crippen LogP contribution in [-0.2, 0) is 24.3 Å². The molecular weight excluding hydrogens is 382 g/mol. The molecule has 1 saturated heterocycles. The number of nitrogens with one attached hydrogen (secondary N) is 1. The molecule has 2 aliphatic heterocycles. The lowest BCUT2D eigenvalue weighted by atomic mass is 10.0. The van der Waals surface area contributed by atoms with Crippen LogP contribution in [0.4, 0.5) is 0 Å². The molecule has 0 unspecified atom stereocenters. The van der Waals surface area contributed by atoms with Crippen molar-refractivity contribution >= 4 is 27.7 Å². The first kappa shape index (κ1) is 20.3. The Labute approximate surface area is 165 Å². The first-order valence-electron chi connectivity index (χ1n) is 9.40. The lowest BCUT2D eigenvalue weighted by Crippen LogP contribution is -2.41. The van der Waals surface area contributed by atoms with Gasteiger partial charge >= 0.3 is 5.97 Å². The van der Waals surface area contributed by atoms with Crippen molar-refractivity contribution in [1.29, 1.82) is 0 Å². The van der Waals surface area contributed by atoms with E-state index >= 15 is 0 Å². The van der Waals surface area contributed by atoms with Crippen LogP contribution in [-0.4, -0.2) is 56.3 Å². The number of aliphatic imine (C=N–C) groups is 1. The first-order valence-corrected chi connectivity index (χ1v) is 10.9. The fraction of sp³-hybridized carbons (Fsp3) is 0.526. The molecule has 1 fully saturated rings. The number of fused-ring (bicyclic) bond motifs is 1. The van der Waals surface area contributed by atoms with Crippen molar-refractivity contribution in [3.63, 3.8) is 0 Å². The summed E-state index contributed by atoms with van der Waals surface area (Å²) in [7, 11) is -3.69. The van der Waals surface area contributed by atoms with Crippen molar-refractivity contribution in [2.45, 2.75) is 50.7 Å². The fourth-order valence-electron chi connectivity index (χ4n) is 3.33. The second-order valence-electron chi connectivity index (χ2n) is 7.38. The van der Waals surface area contributed by atoms with Gasteiger partial charge in [-0.15, -0.1) is 0 Å². The van der Waals surface area contributed by atoms with Gasteiger partial charge in [-0.05, 0) is 37.8 Å². The number of hydrogen-bond donors (Lipinski definition) is 1. The van der Waals surface area contributed by atoms with Gasteiger partial charge in [-0.2, -0.15) is 0 Å². The van der Waals surface area contributed by atoms with Crippen molar-refractivity contribution in [3.05, 3.63) is 29.8 Å². The molecule has 0 aromatic heterocycles. The van der Waals surface area contributed by atoms with Crippen LogP contribution in [0, 0.1) is 5.92 Å². The number of carbonyl (C=O) groups is 2. The van der Waals surface area contributed by atoms with Crippen LogP contribution in [0.1, 0.15) is 39.2 Å². The van der Waals surface area contributed by atoms with Crippen molar-refractivity contribution in [2.75, 3.05) is 13.1 Å². The SMILES string of the molecule is CC(C)[C@H](N=C1NS(=O)(=O)c2ccccc21)C(=O)O[C@H](C)C(=O)N1CCCC1. The van der Waals surface area contributed by atoms with Crippen molar-refractivity contribution < 1.29 is 22.7 Å². The van der Waals surface area contributed by atoms with E-state index in [2.05, 4.69) is 9.71 Å². The highest BCUT2D eigenvalue weighted by atomic mass is 32.2. The van der Waals surface area contributed by atoms with E-state index in [1.807, 2.05) is 0 Å². The van der Waals surface area contributed by atoms with Gasteiger partial charge in [0.1, 0.15) is 5.84 Å². The zero-order chi connectivity index (χ0) is 20.5. The number of likely N-dealkylation sites (tertiary alicyclic amines) is 1. The van der Waals surface area contributed by atoms with Gasteiger partial charge in [-0.25, -0.2) is 13.2 Å². The largest absolute Gasteiger partial charge is 0.451 e. The van der Waals surface area contributed by atoms with Gasteiger partial charge in [0.05, 0.1) is 4.90 Å². The molecular formula is C19H25N3O5S. The van der Waals surface area contributed by atoms with Crippen LogP contribution in [0.25, 0.3) is 0 Å². The maximum atomic E-state index is 12.7. The number of amidine groups is 1. The van der Waals surface area contributed by atoms with E-state index < -0.39 is 28.1 Å². The van der Waals surface area contributed by atoms with Crippen LogP contribution < -0.4 is 4.72 Å². The summed E-state index contributed by atoms with van der Waals surface area (Å²) < 4.78 is 32.3. The van der Waals surface area contributed by atoms with E-state index in [9.17, 15) is 18.0 Å². The predicted molar refractivity (Wildman–Crippen MR) is 103 cm³/mol. The molecule has 1 N–H and O–H groups in total. The summed E-state index contributed by atoms with van der Waals surface area (Å²) in [6.07, 6.45) is 1.00. The molecule has 9 heteroatoms.